The van der Waals surface area contributed by atoms with E-state index in [9.17, 15) is 38.7 Å². The van der Waals surface area contributed by atoms with Gasteiger partial charge >= 0.3 is 6.03 Å². The number of hydrogen-bond acceptors (Lipinski definition) is 8. The van der Waals surface area contributed by atoms with Crippen LogP contribution in [0.3, 0.4) is 0 Å². The highest BCUT2D eigenvalue weighted by atomic mass is 16.3. The first-order valence-corrected chi connectivity index (χ1v) is 26.8. The van der Waals surface area contributed by atoms with Crippen LogP contribution in [0.2, 0.25) is 0 Å². The number of nitrogens with one attached hydrogen (secondary N) is 5. The summed E-state index contributed by atoms with van der Waals surface area (Å²) in [5, 5.41) is 22.6. The monoisotopic (exact) mass is 1050 g/mol. The number of hydrogen-bond donors (Lipinski definition) is 7. The van der Waals surface area contributed by atoms with Crippen molar-refractivity contribution in [3.63, 3.8) is 0 Å². The number of para-hydroxylation sites is 1. The standard InChI is InChI=1S/C28H36N4O3.C26H42N4O4.C4H10N2O/c1-19(2)32-26-21-11-7-6-10-20(21)18-31(23-13-9-8-12-22(23)25(26)30(32)5)24(34)14-16-29-27(35)28(3,4)15-17-33;1-7-20-11-13-21(14-12-20)28-23(32)17-27-26(34)25(19(4)5)29-22(31)9-8-10-24(33)30(6)16-15-18(2)3;1-2-3-6-4(5)7/h6-13,19,33H,14-18H2,1-5H3,(H,29,35);11-14,18-19,25H,7-10,15-17H2,1-6H3,(H,27,34)(H,28,32)(H,29,31);2-3H2,1H3,(H3,5,6,7). The first-order chi connectivity index (χ1) is 36.0. The molecule has 0 aliphatic carbocycles. The summed E-state index contributed by atoms with van der Waals surface area (Å²) in [7, 11) is 3.84. The Bertz CT molecular complexity index is 2530. The number of aliphatic hydroxyl groups excluding tert-OH is 1. The second-order valence-corrected chi connectivity index (χ2v) is 20.9. The molecule has 8 amide bonds. The molecule has 1 atom stereocenters. The summed E-state index contributed by atoms with van der Waals surface area (Å²) >= 11 is 0. The van der Waals surface area contributed by atoms with Gasteiger partial charge in [-0.2, -0.15) is 0 Å². The van der Waals surface area contributed by atoms with Crippen molar-refractivity contribution in [2.75, 3.05) is 50.1 Å². The third-order valence-corrected chi connectivity index (χ3v) is 13.1. The van der Waals surface area contributed by atoms with Crippen LogP contribution in [0.5, 0.6) is 0 Å². The van der Waals surface area contributed by atoms with E-state index in [0.29, 0.717) is 56.5 Å². The van der Waals surface area contributed by atoms with Gasteiger partial charge in [-0.25, -0.2) is 4.79 Å². The van der Waals surface area contributed by atoms with Crippen LogP contribution in [-0.2, 0) is 48.8 Å². The molecule has 0 fully saturated rings. The molecule has 3 aromatic carbocycles. The SMILES string of the molecule is CC(C)n1c2c(n1C)-c1ccccc1N(C(=O)CCNC(=O)C(C)(C)CCO)Cc1ccccc1-2.CCCNC(N)=O.CCc1ccc(NC(=O)CNC(=O)C(NC(=O)CCCC(=O)N(C)CCC(C)C)C(C)C)cc1. The van der Waals surface area contributed by atoms with Crippen LogP contribution in [0.4, 0.5) is 16.2 Å². The molecule has 0 saturated carbocycles. The number of nitrogens with two attached hydrogens (primary N) is 1. The summed E-state index contributed by atoms with van der Waals surface area (Å²) in [5.74, 6) is -0.850. The zero-order valence-electron chi connectivity index (χ0n) is 47.3. The molecule has 0 bridgehead atoms. The number of rotatable bonds is 23. The van der Waals surface area contributed by atoms with Crippen molar-refractivity contribution in [3.8, 4) is 22.5 Å². The molecule has 5 rings (SSSR count). The van der Waals surface area contributed by atoms with Gasteiger partial charge in [0.1, 0.15) is 6.04 Å². The normalized spacial score (nSPS) is 12.0. The number of fused-ring (bicyclic) bond motifs is 5. The van der Waals surface area contributed by atoms with Gasteiger partial charge in [0.25, 0.3) is 0 Å². The van der Waals surface area contributed by atoms with Gasteiger partial charge in [-0.05, 0) is 87.1 Å². The molecular formula is C58H88N10O8. The Hall–Kier alpha value is -6.95. The fourth-order valence-corrected chi connectivity index (χ4v) is 8.46. The van der Waals surface area contributed by atoms with Crippen LogP contribution in [0.1, 0.15) is 131 Å². The van der Waals surface area contributed by atoms with Crippen LogP contribution in [-0.4, -0.2) is 107 Å². The van der Waals surface area contributed by atoms with Crippen molar-refractivity contribution in [2.24, 2.45) is 30.0 Å². The van der Waals surface area contributed by atoms with Crippen molar-refractivity contribution < 1.29 is 38.7 Å². The number of carbonyl (C=O) groups excluding carboxylic acids is 7. The summed E-state index contributed by atoms with van der Waals surface area (Å²) < 4.78 is 4.47. The highest BCUT2D eigenvalue weighted by molar-refractivity contribution is 6.01. The number of anilines is 2. The smallest absolute Gasteiger partial charge is 0.312 e. The molecule has 1 aliphatic heterocycles. The van der Waals surface area contributed by atoms with E-state index in [1.165, 1.54) is 11.3 Å². The van der Waals surface area contributed by atoms with E-state index in [0.717, 1.165) is 47.3 Å². The summed E-state index contributed by atoms with van der Waals surface area (Å²) in [4.78, 5) is 88.8. The number of nitrogens with zero attached hydrogens (tertiary/aromatic N) is 4. The van der Waals surface area contributed by atoms with Crippen molar-refractivity contribution in [1.82, 2.24) is 35.5 Å². The number of primary amides is 1. The number of aryl methyl sites for hydroxylation is 1. The summed E-state index contributed by atoms with van der Waals surface area (Å²) in [6.07, 6.45) is 4.23. The molecule has 0 saturated heterocycles. The number of benzene rings is 3. The molecule has 1 aromatic heterocycles. The van der Waals surface area contributed by atoms with Gasteiger partial charge in [-0.1, -0.05) is 110 Å². The van der Waals surface area contributed by atoms with Gasteiger partial charge < -0.3 is 47.2 Å². The first-order valence-electron chi connectivity index (χ1n) is 26.8. The van der Waals surface area contributed by atoms with E-state index in [-0.39, 0.29) is 68.0 Å². The topological polar surface area (TPSA) is 242 Å². The maximum atomic E-state index is 13.5. The molecule has 0 spiro atoms. The maximum Gasteiger partial charge on any atom is 0.312 e. The minimum atomic E-state index is -0.756. The molecule has 8 N–H and O–H groups in total. The lowest BCUT2D eigenvalue weighted by atomic mass is 9.88. The fraction of sp³-hybridized carbons (Fsp3) is 0.534. The third-order valence-electron chi connectivity index (χ3n) is 13.1. The Morgan fingerprint density at radius 2 is 1.42 bits per heavy atom. The second kappa shape index (κ2) is 31.2. The van der Waals surface area contributed by atoms with E-state index in [2.05, 4.69) is 95.8 Å². The quantitative estimate of drug-likeness (QED) is 0.0388. The lowest BCUT2D eigenvalue weighted by Crippen LogP contribution is -2.51. The summed E-state index contributed by atoms with van der Waals surface area (Å²) in [6, 6.07) is 23.0. The Kier molecular flexibility index (Phi) is 26.0. The molecule has 4 aromatic rings. The second-order valence-electron chi connectivity index (χ2n) is 20.9. The van der Waals surface area contributed by atoms with E-state index >= 15 is 0 Å². The summed E-state index contributed by atoms with van der Waals surface area (Å²) in [6.45, 7) is 21.7. The summed E-state index contributed by atoms with van der Waals surface area (Å²) in [5.41, 5.74) is 12.3. The third kappa shape index (κ3) is 19.3. The van der Waals surface area contributed by atoms with Gasteiger partial charge in [-0.3, -0.25) is 38.1 Å². The largest absolute Gasteiger partial charge is 0.396 e. The number of aliphatic hydroxyl groups is 1. The Balaban J connectivity index is 0.000000356. The highest BCUT2D eigenvalue weighted by Gasteiger charge is 2.33. The van der Waals surface area contributed by atoms with Crippen LogP contribution in [0.15, 0.2) is 72.8 Å². The average Bonchev–Trinajstić information content (AvgIpc) is 3.36. The predicted molar refractivity (Wildman–Crippen MR) is 302 cm³/mol. The zero-order chi connectivity index (χ0) is 56.7. The van der Waals surface area contributed by atoms with Gasteiger partial charge in [0.15, 0.2) is 0 Å². The molecule has 418 valence electrons. The van der Waals surface area contributed by atoms with E-state index in [4.69, 9.17) is 5.73 Å². The molecule has 18 heteroatoms. The van der Waals surface area contributed by atoms with Gasteiger partial charge in [0.2, 0.25) is 35.4 Å². The predicted octanol–water partition coefficient (Wildman–Crippen LogP) is 7.69. The Morgan fingerprint density at radius 3 is 2.00 bits per heavy atom. The first kappa shape index (κ1) is 63.3. The molecule has 2 heterocycles. The Labute approximate surface area is 451 Å². The minimum absolute atomic E-state index is 0.0157. The van der Waals surface area contributed by atoms with Crippen LogP contribution in [0, 0.1) is 17.3 Å². The number of carbonyl (C=O) groups is 7. The van der Waals surface area contributed by atoms with Crippen LogP contribution >= 0.6 is 0 Å². The Morgan fingerprint density at radius 1 is 0.776 bits per heavy atom. The molecule has 76 heavy (non-hydrogen) atoms. The average molecular weight is 1050 g/mol. The molecule has 0 radical (unpaired) electrons. The van der Waals surface area contributed by atoms with E-state index in [1.54, 1.807) is 25.8 Å². The van der Waals surface area contributed by atoms with Crippen LogP contribution < -0.4 is 37.2 Å². The highest BCUT2D eigenvalue weighted by Crippen LogP contribution is 2.45. The molecule has 1 aliphatic rings. The van der Waals surface area contributed by atoms with Crippen molar-refractivity contribution in [2.45, 2.75) is 139 Å². The molecular weight excluding hydrogens is 965 g/mol. The van der Waals surface area contributed by atoms with Crippen LogP contribution in [0.25, 0.3) is 22.5 Å². The van der Waals surface area contributed by atoms with Crippen molar-refractivity contribution in [1.29, 1.82) is 0 Å². The zero-order valence-corrected chi connectivity index (χ0v) is 47.3. The molecule has 18 nitrogen and oxygen atoms in total. The minimum Gasteiger partial charge on any atom is -0.396 e. The lowest BCUT2D eigenvalue weighted by molar-refractivity contribution is -0.132. The number of aromatic nitrogens is 2. The maximum absolute atomic E-state index is 13.5. The molecule has 1 unspecified atom stereocenters. The van der Waals surface area contributed by atoms with Crippen molar-refractivity contribution >= 4 is 52.8 Å². The van der Waals surface area contributed by atoms with Gasteiger partial charge in [-0.15, -0.1) is 0 Å². The van der Waals surface area contributed by atoms with Gasteiger partial charge in [0, 0.05) is 87.9 Å². The van der Waals surface area contributed by atoms with Crippen molar-refractivity contribution in [3.05, 3.63) is 83.9 Å². The van der Waals surface area contributed by atoms with Gasteiger partial charge in [0.05, 0.1) is 30.2 Å². The number of urea groups is 1. The van der Waals surface area contributed by atoms with E-state index < -0.39 is 23.4 Å². The lowest BCUT2D eigenvalue weighted by Gasteiger charge is -2.38. The number of amides is 8. The van der Waals surface area contributed by atoms with E-state index in [1.807, 2.05) is 80.3 Å². The fourth-order valence-electron chi connectivity index (χ4n) is 8.46.